The van der Waals surface area contributed by atoms with Crippen LogP contribution >= 0.6 is 23.1 Å². The molecule has 0 saturated heterocycles. The van der Waals surface area contributed by atoms with Crippen LogP contribution in [0.3, 0.4) is 0 Å². The molecule has 0 fully saturated rings. The van der Waals surface area contributed by atoms with E-state index < -0.39 is 6.10 Å². The topological polar surface area (TPSA) is 78.1 Å². The quantitative estimate of drug-likeness (QED) is 0.497. The molecule has 0 bridgehead atoms. The molecule has 1 unspecified atom stereocenters. The number of benzene rings is 2. The SMILES string of the molecule is OC(COc1ccc2c(c1)OCO2)CSc1nnc2sc3ccccc3n12. The Hall–Kier alpha value is -2.49. The molecule has 7 nitrogen and oxygen atoms in total. The average Bonchev–Trinajstić information content (AvgIpc) is 3.39. The molecule has 1 aliphatic rings. The molecular formula is C18H15N3O4S2. The van der Waals surface area contributed by atoms with Crippen LogP contribution in [0.5, 0.6) is 17.2 Å². The van der Waals surface area contributed by atoms with Crippen molar-refractivity contribution in [3.05, 3.63) is 42.5 Å². The third-order valence-corrected chi connectivity index (χ3v) is 6.19. The van der Waals surface area contributed by atoms with Crippen molar-refractivity contribution in [1.29, 1.82) is 0 Å². The fraction of sp³-hybridized carbons (Fsp3) is 0.222. The Balaban J connectivity index is 1.23. The summed E-state index contributed by atoms with van der Waals surface area (Å²) in [5.41, 5.74) is 1.08. The fourth-order valence-electron chi connectivity index (χ4n) is 2.83. The van der Waals surface area contributed by atoms with Gasteiger partial charge in [0.25, 0.3) is 0 Å². The second kappa shape index (κ2) is 6.91. The van der Waals surface area contributed by atoms with Crippen molar-refractivity contribution in [3.8, 4) is 17.2 Å². The van der Waals surface area contributed by atoms with Crippen molar-refractivity contribution in [2.45, 2.75) is 11.3 Å². The van der Waals surface area contributed by atoms with Crippen molar-refractivity contribution >= 4 is 38.3 Å². The number of aliphatic hydroxyl groups is 1. The van der Waals surface area contributed by atoms with Crippen LogP contribution in [0.2, 0.25) is 0 Å². The Labute approximate surface area is 162 Å². The number of fused-ring (bicyclic) bond motifs is 4. The number of para-hydroxylation sites is 1. The molecule has 0 amide bonds. The molecule has 1 atom stereocenters. The van der Waals surface area contributed by atoms with Crippen molar-refractivity contribution in [2.75, 3.05) is 19.2 Å². The number of nitrogens with zero attached hydrogens (tertiary/aromatic N) is 3. The number of ether oxygens (including phenoxy) is 3. The molecule has 1 N–H and O–H groups in total. The van der Waals surface area contributed by atoms with Gasteiger partial charge < -0.3 is 19.3 Å². The lowest BCUT2D eigenvalue weighted by atomic mass is 10.3. The molecule has 0 saturated carbocycles. The minimum atomic E-state index is -0.641. The van der Waals surface area contributed by atoms with E-state index in [2.05, 4.69) is 16.3 Å². The summed E-state index contributed by atoms with van der Waals surface area (Å²) in [6.07, 6.45) is -0.641. The highest BCUT2D eigenvalue weighted by molar-refractivity contribution is 7.99. The largest absolute Gasteiger partial charge is 0.491 e. The summed E-state index contributed by atoms with van der Waals surface area (Å²) < 4.78 is 19.5. The van der Waals surface area contributed by atoms with Gasteiger partial charge in [0.15, 0.2) is 16.7 Å². The van der Waals surface area contributed by atoms with Gasteiger partial charge in [-0.05, 0) is 24.3 Å². The van der Waals surface area contributed by atoms with Crippen LogP contribution in [-0.2, 0) is 0 Å². The Kier molecular flexibility index (Phi) is 4.27. The molecule has 27 heavy (non-hydrogen) atoms. The van der Waals surface area contributed by atoms with Gasteiger partial charge in [-0.2, -0.15) is 0 Å². The van der Waals surface area contributed by atoms with Crippen molar-refractivity contribution in [1.82, 2.24) is 14.6 Å². The Morgan fingerprint density at radius 2 is 2.07 bits per heavy atom. The molecule has 138 valence electrons. The normalized spacial score (nSPS) is 14.1. The maximum absolute atomic E-state index is 10.3. The first-order valence-corrected chi connectivity index (χ1v) is 10.1. The number of thiazole rings is 1. The van der Waals surface area contributed by atoms with E-state index in [9.17, 15) is 5.11 Å². The Bertz CT molecular complexity index is 1110. The maximum atomic E-state index is 10.3. The van der Waals surface area contributed by atoms with Crippen molar-refractivity contribution in [2.24, 2.45) is 0 Å². The highest BCUT2D eigenvalue weighted by Crippen LogP contribution is 2.35. The molecule has 5 rings (SSSR count). The third-order valence-electron chi connectivity index (χ3n) is 4.10. The molecule has 9 heteroatoms. The van der Waals surface area contributed by atoms with Gasteiger partial charge in [-0.3, -0.25) is 4.40 Å². The smallest absolute Gasteiger partial charge is 0.231 e. The van der Waals surface area contributed by atoms with Crippen LogP contribution in [-0.4, -0.2) is 45.0 Å². The molecule has 2 aromatic carbocycles. The number of aliphatic hydroxyl groups excluding tert-OH is 1. The summed E-state index contributed by atoms with van der Waals surface area (Å²) >= 11 is 3.06. The van der Waals surface area contributed by atoms with E-state index in [1.165, 1.54) is 11.8 Å². The van der Waals surface area contributed by atoms with E-state index in [0.29, 0.717) is 23.0 Å². The predicted octanol–water partition coefficient (Wildman–Crippen LogP) is 3.20. The number of aromatic nitrogens is 3. The number of hydrogen-bond donors (Lipinski definition) is 1. The van der Waals surface area contributed by atoms with Gasteiger partial charge >= 0.3 is 0 Å². The Morgan fingerprint density at radius 3 is 3.04 bits per heavy atom. The van der Waals surface area contributed by atoms with Gasteiger partial charge in [-0.15, -0.1) is 10.2 Å². The van der Waals surface area contributed by atoms with E-state index in [1.807, 2.05) is 22.6 Å². The summed E-state index contributed by atoms with van der Waals surface area (Å²) in [5.74, 6) is 2.45. The van der Waals surface area contributed by atoms with Gasteiger partial charge in [0, 0.05) is 11.8 Å². The van der Waals surface area contributed by atoms with Gasteiger partial charge in [0.1, 0.15) is 12.4 Å². The first-order valence-electron chi connectivity index (χ1n) is 8.34. The van der Waals surface area contributed by atoms with E-state index in [4.69, 9.17) is 14.2 Å². The van der Waals surface area contributed by atoms with E-state index >= 15 is 0 Å². The molecule has 4 aromatic rings. The lowest BCUT2D eigenvalue weighted by Crippen LogP contribution is -2.20. The maximum Gasteiger partial charge on any atom is 0.231 e. The number of hydrogen-bond acceptors (Lipinski definition) is 8. The predicted molar refractivity (Wildman–Crippen MR) is 103 cm³/mol. The fourth-order valence-corrected chi connectivity index (χ4v) is 4.70. The summed E-state index contributed by atoms with van der Waals surface area (Å²) in [6.45, 7) is 0.404. The van der Waals surface area contributed by atoms with Gasteiger partial charge in [-0.1, -0.05) is 35.2 Å². The molecule has 0 radical (unpaired) electrons. The van der Waals surface area contributed by atoms with Crippen LogP contribution in [0, 0.1) is 0 Å². The number of thioether (sulfide) groups is 1. The molecule has 1 aliphatic heterocycles. The second-order valence-corrected chi connectivity index (χ2v) is 7.96. The molecule has 0 aliphatic carbocycles. The van der Waals surface area contributed by atoms with Crippen molar-refractivity contribution < 1.29 is 19.3 Å². The minimum absolute atomic E-state index is 0.180. The first kappa shape index (κ1) is 16.7. The summed E-state index contributed by atoms with van der Waals surface area (Å²) in [7, 11) is 0. The van der Waals surface area contributed by atoms with Crippen LogP contribution < -0.4 is 14.2 Å². The molecule has 3 heterocycles. The van der Waals surface area contributed by atoms with E-state index in [0.717, 1.165) is 20.3 Å². The highest BCUT2D eigenvalue weighted by atomic mass is 32.2. The lowest BCUT2D eigenvalue weighted by molar-refractivity contribution is 0.126. The zero-order valence-corrected chi connectivity index (χ0v) is 15.7. The molecular weight excluding hydrogens is 386 g/mol. The zero-order valence-electron chi connectivity index (χ0n) is 14.1. The van der Waals surface area contributed by atoms with E-state index in [1.54, 1.807) is 29.5 Å². The van der Waals surface area contributed by atoms with Gasteiger partial charge in [0.2, 0.25) is 11.8 Å². The van der Waals surface area contributed by atoms with Crippen LogP contribution in [0.25, 0.3) is 15.2 Å². The van der Waals surface area contributed by atoms with Crippen LogP contribution in [0.1, 0.15) is 0 Å². The second-order valence-electron chi connectivity index (χ2n) is 5.96. The van der Waals surface area contributed by atoms with Crippen LogP contribution in [0.15, 0.2) is 47.6 Å². The van der Waals surface area contributed by atoms with Crippen LogP contribution in [0.4, 0.5) is 0 Å². The summed E-state index contributed by atoms with van der Waals surface area (Å²) in [6, 6.07) is 13.5. The first-order chi connectivity index (χ1) is 13.3. The van der Waals surface area contributed by atoms with Crippen molar-refractivity contribution in [3.63, 3.8) is 0 Å². The lowest BCUT2D eigenvalue weighted by Gasteiger charge is -2.12. The Morgan fingerprint density at radius 1 is 1.19 bits per heavy atom. The number of rotatable bonds is 6. The third kappa shape index (κ3) is 3.18. The standard InChI is InChI=1S/C18H15N3O4S2/c22-11(8-23-12-5-6-14-15(7-12)25-10-24-14)9-26-17-19-20-18-21(17)13-3-1-2-4-16(13)27-18/h1-7,11,22H,8-10H2. The summed E-state index contributed by atoms with van der Waals surface area (Å²) in [5, 5.41) is 19.5. The summed E-state index contributed by atoms with van der Waals surface area (Å²) in [4.78, 5) is 0.852. The average molecular weight is 401 g/mol. The van der Waals surface area contributed by atoms with Gasteiger partial charge in [-0.25, -0.2) is 0 Å². The van der Waals surface area contributed by atoms with E-state index in [-0.39, 0.29) is 13.4 Å². The minimum Gasteiger partial charge on any atom is -0.491 e. The molecule has 2 aromatic heterocycles. The highest BCUT2D eigenvalue weighted by Gasteiger charge is 2.16. The molecule has 0 spiro atoms. The van der Waals surface area contributed by atoms with Gasteiger partial charge in [0.05, 0.1) is 16.3 Å². The zero-order chi connectivity index (χ0) is 18.2. The monoisotopic (exact) mass is 401 g/mol.